The molecular formula is C13H21N3O. The largest absolute Gasteiger partial charge is 0.399 e. The zero-order valence-corrected chi connectivity index (χ0v) is 10.2. The normalized spacial score (nSPS) is 16.8. The lowest BCUT2D eigenvalue weighted by atomic mass is 10.2. The minimum absolute atomic E-state index is 0.207. The second-order valence-electron chi connectivity index (χ2n) is 4.71. The van der Waals surface area contributed by atoms with E-state index in [4.69, 9.17) is 10.8 Å². The number of anilines is 1. The Morgan fingerprint density at radius 2 is 2.18 bits per heavy atom. The van der Waals surface area contributed by atoms with Gasteiger partial charge in [0.05, 0.1) is 12.3 Å². The number of pyridine rings is 1. The quantitative estimate of drug-likeness (QED) is 0.810. The Kier molecular flexibility index (Phi) is 4.34. The van der Waals surface area contributed by atoms with Crippen LogP contribution >= 0.6 is 0 Å². The van der Waals surface area contributed by atoms with Crippen molar-refractivity contribution >= 4 is 5.69 Å². The molecule has 0 unspecified atom stereocenters. The van der Waals surface area contributed by atoms with Crippen molar-refractivity contribution in [2.45, 2.75) is 38.3 Å². The van der Waals surface area contributed by atoms with E-state index in [0.29, 0.717) is 6.04 Å². The van der Waals surface area contributed by atoms with Crippen molar-refractivity contribution in [2.24, 2.45) is 0 Å². The van der Waals surface area contributed by atoms with Crippen LogP contribution in [0.15, 0.2) is 18.3 Å². The van der Waals surface area contributed by atoms with E-state index >= 15 is 0 Å². The van der Waals surface area contributed by atoms with Crippen molar-refractivity contribution in [3.63, 3.8) is 0 Å². The second kappa shape index (κ2) is 5.98. The first kappa shape index (κ1) is 12.3. The third kappa shape index (κ3) is 3.41. The molecule has 0 amide bonds. The van der Waals surface area contributed by atoms with E-state index in [1.54, 1.807) is 12.3 Å². The summed E-state index contributed by atoms with van der Waals surface area (Å²) in [5, 5.41) is 9.14. The van der Waals surface area contributed by atoms with Gasteiger partial charge >= 0.3 is 0 Å². The maximum Gasteiger partial charge on any atom is 0.0564 e. The fourth-order valence-corrected chi connectivity index (χ4v) is 2.58. The Morgan fingerprint density at radius 3 is 2.82 bits per heavy atom. The highest BCUT2D eigenvalue weighted by molar-refractivity contribution is 5.37. The zero-order valence-electron chi connectivity index (χ0n) is 10.2. The van der Waals surface area contributed by atoms with E-state index in [-0.39, 0.29) is 6.61 Å². The van der Waals surface area contributed by atoms with Gasteiger partial charge in [0.25, 0.3) is 0 Å². The first-order valence-corrected chi connectivity index (χ1v) is 6.35. The molecule has 1 fully saturated rings. The van der Waals surface area contributed by atoms with Gasteiger partial charge < -0.3 is 10.8 Å². The molecule has 2 rings (SSSR count). The van der Waals surface area contributed by atoms with Crippen molar-refractivity contribution in [2.75, 3.05) is 18.9 Å². The second-order valence-corrected chi connectivity index (χ2v) is 4.71. The van der Waals surface area contributed by atoms with Crippen LogP contribution in [0.3, 0.4) is 0 Å². The first-order chi connectivity index (χ1) is 8.29. The standard InChI is InChI=1S/C13H21N3O/c14-11-5-6-15-12(9-11)10-16(7-8-17)13-3-1-2-4-13/h5-6,9,13,17H,1-4,7-8,10H2,(H2,14,15). The van der Waals surface area contributed by atoms with Crippen LogP contribution in [-0.4, -0.2) is 34.2 Å². The molecule has 0 aliphatic heterocycles. The number of aliphatic hydroxyl groups excluding tert-OH is 1. The third-order valence-corrected chi connectivity index (χ3v) is 3.43. The van der Waals surface area contributed by atoms with Gasteiger partial charge in [-0.2, -0.15) is 0 Å². The van der Waals surface area contributed by atoms with Crippen LogP contribution in [0.2, 0.25) is 0 Å². The summed E-state index contributed by atoms with van der Waals surface area (Å²) in [6, 6.07) is 4.32. The molecule has 0 spiro atoms. The van der Waals surface area contributed by atoms with Crippen LogP contribution in [0, 0.1) is 0 Å². The van der Waals surface area contributed by atoms with Crippen LogP contribution in [0.25, 0.3) is 0 Å². The molecule has 1 aromatic rings. The lowest BCUT2D eigenvalue weighted by Crippen LogP contribution is -2.35. The lowest BCUT2D eigenvalue weighted by Gasteiger charge is -2.27. The van der Waals surface area contributed by atoms with E-state index in [0.717, 1.165) is 24.5 Å². The van der Waals surface area contributed by atoms with Crippen LogP contribution in [0.4, 0.5) is 5.69 Å². The Balaban J connectivity index is 2.01. The Morgan fingerprint density at radius 1 is 1.41 bits per heavy atom. The maximum absolute atomic E-state index is 9.14. The van der Waals surface area contributed by atoms with Crippen LogP contribution in [-0.2, 0) is 6.54 Å². The fraction of sp³-hybridized carbons (Fsp3) is 0.615. The van der Waals surface area contributed by atoms with E-state index in [2.05, 4.69) is 9.88 Å². The molecule has 1 heterocycles. The molecule has 1 aliphatic carbocycles. The zero-order chi connectivity index (χ0) is 12.1. The summed E-state index contributed by atoms with van der Waals surface area (Å²) in [7, 11) is 0. The van der Waals surface area contributed by atoms with Gasteiger partial charge in [0, 0.05) is 31.0 Å². The van der Waals surface area contributed by atoms with Crippen molar-refractivity contribution < 1.29 is 5.11 Å². The molecule has 3 N–H and O–H groups in total. The van der Waals surface area contributed by atoms with Gasteiger partial charge in [-0.25, -0.2) is 0 Å². The van der Waals surface area contributed by atoms with Crippen molar-refractivity contribution in [3.05, 3.63) is 24.0 Å². The highest BCUT2D eigenvalue weighted by Crippen LogP contribution is 2.24. The lowest BCUT2D eigenvalue weighted by molar-refractivity contribution is 0.143. The van der Waals surface area contributed by atoms with Crippen LogP contribution < -0.4 is 5.73 Å². The summed E-state index contributed by atoms with van der Waals surface area (Å²) in [6.45, 7) is 1.72. The number of hydrogen-bond acceptors (Lipinski definition) is 4. The van der Waals surface area contributed by atoms with Crippen molar-refractivity contribution in [3.8, 4) is 0 Å². The summed E-state index contributed by atoms with van der Waals surface area (Å²) >= 11 is 0. The van der Waals surface area contributed by atoms with Crippen LogP contribution in [0.5, 0.6) is 0 Å². The van der Waals surface area contributed by atoms with Gasteiger partial charge in [-0.3, -0.25) is 9.88 Å². The number of nitrogens with two attached hydrogens (primary N) is 1. The molecule has 1 saturated carbocycles. The van der Waals surface area contributed by atoms with Crippen molar-refractivity contribution in [1.29, 1.82) is 0 Å². The van der Waals surface area contributed by atoms with Gasteiger partial charge in [-0.1, -0.05) is 12.8 Å². The molecular weight excluding hydrogens is 214 g/mol. The minimum atomic E-state index is 0.207. The predicted molar refractivity (Wildman–Crippen MR) is 68.4 cm³/mol. The van der Waals surface area contributed by atoms with Gasteiger partial charge in [0.15, 0.2) is 0 Å². The SMILES string of the molecule is Nc1ccnc(CN(CCO)C2CCCC2)c1. The van der Waals surface area contributed by atoms with Gasteiger partial charge in [-0.15, -0.1) is 0 Å². The molecule has 17 heavy (non-hydrogen) atoms. The monoisotopic (exact) mass is 235 g/mol. The summed E-state index contributed by atoms with van der Waals surface area (Å²) < 4.78 is 0. The smallest absolute Gasteiger partial charge is 0.0564 e. The molecule has 0 radical (unpaired) electrons. The number of hydrogen-bond donors (Lipinski definition) is 2. The summed E-state index contributed by atoms with van der Waals surface area (Å²) in [5.41, 5.74) is 7.50. The average molecular weight is 235 g/mol. The molecule has 4 nitrogen and oxygen atoms in total. The van der Waals surface area contributed by atoms with Crippen molar-refractivity contribution in [1.82, 2.24) is 9.88 Å². The van der Waals surface area contributed by atoms with E-state index in [9.17, 15) is 0 Å². The topological polar surface area (TPSA) is 62.4 Å². The Hall–Kier alpha value is -1.13. The highest BCUT2D eigenvalue weighted by Gasteiger charge is 2.22. The maximum atomic E-state index is 9.14. The average Bonchev–Trinajstić information content (AvgIpc) is 2.82. The molecule has 0 aromatic carbocycles. The number of rotatable bonds is 5. The summed E-state index contributed by atoms with van der Waals surface area (Å²) in [6.07, 6.45) is 6.83. The molecule has 0 saturated heterocycles. The molecule has 94 valence electrons. The van der Waals surface area contributed by atoms with E-state index < -0.39 is 0 Å². The molecule has 0 atom stereocenters. The number of nitrogen functional groups attached to an aromatic ring is 1. The Bertz CT molecular complexity index is 350. The van der Waals surface area contributed by atoms with E-state index in [1.807, 2.05) is 6.07 Å². The molecule has 1 aliphatic rings. The van der Waals surface area contributed by atoms with Gasteiger partial charge in [0.1, 0.15) is 0 Å². The number of aromatic nitrogens is 1. The van der Waals surface area contributed by atoms with E-state index in [1.165, 1.54) is 25.7 Å². The third-order valence-electron chi connectivity index (χ3n) is 3.43. The minimum Gasteiger partial charge on any atom is -0.399 e. The van der Waals surface area contributed by atoms with Gasteiger partial charge in [-0.05, 0) is 25.0 Å². The summed E-state index contributed by atoms with van der Waals surface area (Å²) in [4.78, 5) is 6.66. The van der Waals surface area contributed by atoms with Gasteiger partial charge in [0.2, 0.25) is 0 Å². The predicted octanol–water partition coefficient (Wildman–Crippen LogP) is 1.40. The summed E-state index contributed by atoms with van der Waals surface area (Å²) in [5.74, 6) is 0. The number of aliphatic hydroxyl groups is 1. The molecule has 4 heteroatoms. The number of nitrogens with zero attached hydrogens (tertiary/aromatic N) is 2. The highest BCUT2D eigenvalue weighted by atomic mass is 16.3. The molecule has 1 aromatic heterocycles. The first-order valence-electron chi connectivity index (χ1n) is 6.35. The Labute approximate surface area is 102 Å². The van der Waals surface area contributed by atoms with Crippen LogP contribution in [0.1, 0.15) is 31.4 Å². The fourth-order valence-electron chi connectivity index (χ4n) is 2.58. The molecule has 0 bridgehead atoms.